The molecule has 0 saturated heterocycles. The number of aliphatic hydroxyl groups is 1. The summed E-state index contributed by atoms with van der Waals surface area (Å²) < 4.78 is 15.8. The highest BCUT2D eigenvalue weighted by molar-refractivity contribution is 5.86. The summed E-state index contributed by atoms with van der Waals surface area (Å²) in [6.45, 7) is 0. The number of halogens is 1. The van der Waals surface area contributed by atoms with Gasteiger partial charge in [-0.2, -0.15) is 0 Å². The lowest BCUT2D eigenvalue weighted by Crippen LogP contribution is -2.33. The topological polar surface area (TPSA) is 89.8 Å². The van der Waals surface area contributed by atoms with Crippen LogP contribution in [0.4, 0.5) is 10.2 Å². The van der Waals surface area contributed by atoms with Crippen LogP contribution in [0.1, 0.15) is 44.0 Å². The van der Waals surface area contributed by atoms with E-state index in [4.69, 9.17) is 5.73 Å². The Labute approximate surface area is 155 Å². The molecule has 0 spiro atoms. The van der Waals surface area contributed by atoms with Gasteiger partial charge in [0, 0.05) is 11.6 Å². The summed E-state index contributed by atoms with van der Waals surface area (Å²) in [5, 5.41) is 10.3. The van der Waals surface area contributed by atoms with E-state index >= 15 is 0 Å². The number of hydrogen-bond acceptors (Lipinski definition) is 5. The number of nitrogens with two attached hydrogens (primary N) is 1. The van der Waals surface area contributed by atoms with E-state index in [0.717, 1.165) is 32.1 Å². The standard InChI is InChI=1S/C20H20FN5O/c21-13-4-1-3-12(11-13)18-25-16-17(22)23-15(7-10-20(27)8-2-9-20)24-19(16)26(18)14-5-6-14/h1,3-4,7,10-11,14,27H,2,5-6,8-9H2,(H2,22,23,24). The molecule has 2 saturated carbocycles. The average Bonchev–Trinajstić information content (AvgIpc) is 3.38. The van der Waals surface area contributed by atoms with Crippen LogP contribution in [0.25, 0.3) is 28.6 Å². The van der Waals surface area contributed by atoms with Gasteiger partial charge in [-0.25, -0.2) is 19.3 Å². The molecular weight excluding hydrogens is 345 g/mol. The lowest BCUT2D eigenvalue weighted by molar-refractivity contribution is 0.0150. The number of anilines is 1. The van der Waals surface area contributed by atoms with E-state index in [1.54, 1.807) is 18.2 Å². The molecule has 7 heteroatoms. The predicted molar refractivity (Wildman–Crippen MR) is 101 cm³/mol. The summed E-state index contributed by atoms with van der Waals surface area (Å²) in [6, 6.07) is 6.67. The van der Waals surface area contributed by atoms with E-state index < -0.39 is 5.60 Å². The molecule has 2 fully saturated rings. The highest BCUT2D eigenvalue weighted by Crippen LogP contribution is 2.41. The molecule has 3 aromatic rings. The van der Waals surface area contributed by atoms with Crippen LogP contribution in [0.15, 0.2) is 30.3 Å². The normalized spacial score (nSPS) is 18.9. The fraction of sp³-hybridized carbons (Fsp3) is 0.350. The third-order valence-electron chi connectivity index (χ3n) is 5.34. The highest BCUT2D eigenvalue weighted by Gasteiger charge is 2.32. The number of benzene rings is 1. The fourth-order valence-corrected chi connectivity index (χ4v) is 3.53. The number of fused-ring (bicyclic) bond motifs is 1. The van der Waals surface area contributed by atoms with E-state index in [1.807, 2.05) is 10.6 Å². The van der Waals surface area contributed by atoms with Crippen molar-refractivity contribution >= 4 is 23.1 Å². The maximum Gasteiger partial charge on any atom is 0.166 e. The lowest BCUT2D eigenvalue weighted by atomic mass is 9.80. The zero-order valence-corrected chi connectivity index (χ0v) is 14.8. The van der Waals surface area contributed by atoms with Crippen molar-refractivity contribution in [1.29, 1.82) is 0 Å². The van der Waals surface area contributed by atoms with Crippen molar-refractivity contribution in [3.8, 4) is 11.4 Å². The third kappa shape index (κ3) is 2.88. The largest absolute Gasteiger partial charge is 0.386 e. The first kappa shape index (κ1) is 16.4. The molecule has 2 aliphatic carbocycles. The summed E-state index contributed by atoms with van der Waals surface area (Å²) in [7, 11) is 0. The first-order chi connectivity index (χ1) is 13.0. The van der Waals surface area contributed by atoms with Crippen LogP contribution in [-0.4, -0.2) is 30.2 Å². The Hall–Kier alpha value is -2.80. The third-order valence-corrected chi connectivity index (χ3v) is 5.34. The predicted octanol–water partition coefficient (Wildman–Crippen LogP) is 3.48. The first-order valence-corrected chi connectivity index (χ1v) is 9.25. The zero-order chi connectivity index (χ0) is 18.6. The summed E-state index contributed by atoms with van der Waals surface area (Å²) >= 11 is 0. The SMILES string of the molecule is Nc1nc(C=CC2(O)CCC2)nc2c1nc(-c1cccc(F)c1)n2C1CC1. The number of imidazole rings is 1. The molecule has 0 bridgehead atoms. The van der Waals surface area contributed by atoms with Gasteiger partial charge >= 0.3 is 0 Å². The highest BCUT2D eigenvalue weighted by atomic mass is 19.1. The molecule has 0 atom stereocenters. The van der Waals surface area contributed by atoms with Crippen LogP contribution < -0.4 is 5.73 Å². The van der Waals surface area contributed by atoms with Crippen LogP contribution in [0.2, 0.25) is 0 Å². The molecule has 5 rings (SSSR count). The van der Waals surface area contributed by atoms with E-state index in [0.29, 0.717) is 28.4 Å². The van der Waals surface area contributed by atoms with Crippen LogP contribution >= 0.6 is 0 Å². The van der Waals surface area contributed by atoms with Gasteiger partial charge < -0.3 is 15.4 Å². The second-order valence-electron chi connectivity index (χ2n) is 7.48. The van der Waals surface area contributed by atoms with E-state index in [-0.39, 0.29) is 17.7 Å². The summed E-state index contributed by atoms with van der Waals surface area (Å²) in [5.41, 5.74) is 7.28. The van der Waals surface area contributed by atoms with E-state index in [9.17, 15) is 9.50 Å². The van der Waals surface area contributed by atoms with Gasteiger partial charge in [-0.15, -0.1) is 0 Å². The summed E-state index contributed by atoms with van der Waals surface area (Å²) in [6.07, 6.45) is 8.07. The molecule has 2 aliphatic rings. The molecule has 2 heterocycles. The number of rotatable bonds is 4. The van der Waals surface area contributed by atoms with Gasteiger partial charge in [0.1, 0.15) is 11.6 Å². The van der Waals surface area contributed by atoms with Gasteiger partial charge in [0.05, 0.1) is 5.60 Å². The average molecular weight is 365 g/mol. The molecule has 27 heavy (non-hydrogen) atoms. The van der Waals surface area contributed by atoms with E-state index in [2.05, 4.69) is 15.0 Å². The Morgan fingerprint density at radius 2 is 2.04 bits per heavy atom. The van der Waals surface area contributed by atoms with E-state index in [1.165, 1.54) is 12.1 Å². The van der Waals surface area contributed by atoms with Gasteiger partial charge in [-0.05, 0) is 56.4 Å². The fourth-order valence-electron chi connectivity index (χ4n) is 3.53. The lowest BCUT2D eigenvalue weighted by Gasteiger charge is -2.33. The summed E-state index contributed by atoms with van der Waals surface area (Å²) in [4.78, 5) is 13.6. The first-order valence-electron chi connectivity index (χ1n) is 9.25. The molecule has 6 nitrogen and oxygen atoms in total. The number of nitrogens with zero attached hydrogens (tertiary/aromatic N) is 4. The second-order valence-corrected chi connectivity index (χ2v) is 7.48. The Balaban J connectivity index is 1.65. The Bertz CT molecular complexity index is 1070. The molecule has 0 aliphatic heterocycles. The number of nitrogen functional groups attached to an aromatic ring is 1. The van der Waals surface area contributed by atoms with Gasteiger partial charge in [0.15, 0.2) is 22.8 Å². The van der Waals surface area contributed by atoms with Gasteiger partial charge in [-0.3, -0.25) is 0 Å². The Morgan fingerprint density at radius 1 is 1.22 bits per heavy atom. The minimum atomic E-state index is -0.753. The molecule has 3 N–H and O–H groups in total. The Morgan fingerprint density at radius 3 is 2.70 bits per heavy atom. The Kier molecular flexibility index (Phi) is 3.55. The zero-order valence-electron chi connectivity index (χ0n) is 14.8. The minimum absolute atomic E-state index is 0.287. The molecule has 138 valence electrons. The van der Waals surface area contributed by atoms with Crippen molar-refractivity contribution in [1.82, 2.24) is 19.5 Å². The van der Waals surface area contributed by atoms with Crippen LogP contribution in [0.3, 0.4) is 0 Å². The maximum atomic E-state index is 13.7. The summed E-state index contributed by atoms with van der Waals surface area (Å²) in [5.74, 6) is 1.09. The quantitative estimate of drug-likeness (QED) is 0.739. The van der Waals surface area contributed by atoms with Crippen molar-refractivity contribution < 1.29 is 9.50 Å². The number of aromatic nitrogens is 4. The van der Waals surface area contributed by atoms with Crippen molar-refractivity contribution in [2.24, 2.45) is 0 Å². The molecule has 1 aromatic carbocycles. The maximum absolute atomic E-state index is 13.7. The van der Waals surface area contributed by atoms with Crippen molar-refractivity contribution in [2.75, 3.05) is 5.73 Å². The smallest absolute Gasteiger partial charge is 0.166 e. The van der Waals surface area contributed by atoms with Gasteiger partial charge in [0.2, 0.25) is 0 Å². The van der Waals surface area contributed by atoms with Crippen LogP contribution in [0.5, 0.6) is 0 Å². The second kappa shape index (κ2) is 5.85. The molecular formula is C20H20FN5O. The molecule has 0 unspecified atom stereocenters. The monoisotopic (exact) mass is 365 g/mol. The van der Waals surface area contributed by atoms with Crippen molar-refractivity contribution in [3.05, 3.63) is 42.0 Å². The van der Waals surface area contributed by atoms with Crippen LogP contribution in [0, 0.1) is 5.82 Å². The van der Waals surface area contributed by atoms with Gasteiger partial charge in [-0.1, -0.05) is 12.1 Å². The minimum Gasteiger partial charge on any atom is -0.386 e. The molecule has 2 aromatic heterocycles. The molecule has 0 amide bonds. The van der Waals surface area contributed by atoms with Crippen molar-refractivity contribution in [2.45, 2.75) is 43.7 Å². The van der Waals surface area contributed by atoms with Gasteiger partial charge in [0.25, 0.3) is 0 Å². The van der Waals surface area contributed by atoms with Crippen LogP contribution in [-0.2, 0) is 0 Å². The van der Waals surface area contributed by atoms with Crippen molar-refractivity contribution in [3.63, 3.8) is 0 Å². The number of hydrogen-bond donors (Lipinski definition) is 2. The molecule has 0 radical (unpaired) electrons.